The van der Waals surface area contributed by atoms with Gasteiger partial charge in [0.1, 0.15) is 0 Å². The number of nitrogens with one attached hydrogen (secondary N) is 1. The number of benzene rings is 2. The van der Waals surface area contributed by atoms with Crippen LogP contribution in [0.2, 0.25) is 0 Å². The van der Waals surface area contributed by atoms with Gasteiger partial charge in [-0.05, 0) is 6.07 Å². The Hall–Kier alpha value is -2.80. The molecule has 0 radical (unpaired) electrons. The van der Waals surface area contributed by atoms with Crippen molar-refractivity contribution in [1.82, 2.24) is 0 Å². The lowest BCUT2D eigenvalue weighted by molar-refractivity contribution is -0.375. The highest BCUT2D eigenvalue weighted by Crippen LogP contribution is 2.53. The number of nitriles is 1. The van der Waals surface area contributed by atoms with Crippen molar-refractivity contribution in [1.29, 1.82) is 5.26 Å². The molecule has 10 heteroatoms. The Labute approximate surface area is 142 Å². The first-order valence-corrected chi connectivity index (χ1v) is 6.94. The van der Waals surface area contributed by atoms with E-state index in [4.69, 9.17) is 5.26 Å². The quantitative estimate of drug-likeness (QED) is 0.779. The molecule has 0 aromatic heterocycles. The summed E-state index contributed by atoms with van der Waals surface area (Å²) in [7, 11) is 0. The number of carbonyl (C=O) groups is 1. The minimum absolute atomic E-state index is 0.0224. The number of aliphatic hydroxyl groups is 1. The summed E-state index contributed by atoms with van der Waals surface area (Å²) in [6.45, 7) is 0.886. The molecule has 2 aromatic rings. The predicted molar refractivity (Wildman–Crippen MR) is 79.0 cm³/mol. The van der Waals surface area contributed by atoms with E-state index in [1.54, 1.807) is 0 Å². The zero-order chi connectivity index (χ0) is 19.9. The van der Waals surface area contributed by atoms with Gasteiger partial charge in [-0.2, -0.15) is 31.6 Å². The Morgan fingerprint density at radius 1 is 1.08 bits per heavy atom. The van der Waals surface area contributed by atoms with Crippen molar-refractivity contribution in [3.8, 4) is 6.07 Å². The minimum atomic E-state index is -6.16. The Bertz CT molecular complexity index is 898. The molecule has 0 heterocycles. The first kappa shape index (κ1) is 19.5. The van der Waals surface area contributed by atoms with Gasteiger partial charge in [-0.25, -0.2) is 0 Å². The smallest absolute Gasteiger partial charge is 0.369 e. The second-order valence-corrected chi connectivity index (χ2v) is 5.39. The highest BCUT2D eigenvalue weighted by atomic mass is 19.4. The summed E-state index contributed by atoms with van der Waals surface area (Å²) in [5.74, 6) is -0.951. The van der Waals surface area contributed by atoms with Crippen LogP contribution >= 0.6 is 0 Å². The number of halogens is 6. The van der Waals surface area contributed by atoms with Crippen LogP contribution in [-0.4, -0.2) is 23.4 Å². The molecular formula is C16H10F6N2O2. The van der Waals surface area contributed by atoms with Gasteiger partial charge in [0.25, 0.3) is 5.60 Å². The van der Waals surface area contributed by atoms with Crippen LogP contribution in [-0.2, 0) is 10.4 Å². The highest BCUT2D eigenvalue weighted by Gasteiger charge is 2.72. The Morgan fingerprint density at radius 3 is 2.00 bits per heavy atom. The number of nitrogens with zero attached hydrogens (tertiary/aromatic N) is 1. The van der Waals surface area contributed by atoms with E-state index in [0.29, 0.717) is 0 Å². The fraction of sp³-hybridized carbons (Fsp3) is 0.250. The monoisotopic (exact) mass is 376 g/mol. The molecular weight excluding hydrogens is 366 g/mol. The second kappa shape index (κ2) is 6.17. The maximum absolute atomic E-state index is 13.3. The molecule has 0 fully saturated rings. The van der Waals surface area contributed by atoms with Crippen LogP contribution in [0, 0.1) is 11.3 Å². The van der Waals surface area contributed by atoms with E-state index >= 15 is 0 Å². The highest BCUT2D eigenvalue weighted by molar-refractivity contribution is 6.05. The van der Waals surface area contributed by atoms with Gasteiger partial charge in [-0.15, -0.1) is 0 Å². The summed E-state index contributed by atoms with van der Waals surface area (Å²) in [5.41, 5.74) is -8.35. The number of hydrogen-bond donors (Lipinski definition) is 2. The van der Waals surface area contributed by atoms with E-state index in [0.717, 1.165) is 13.0 Å². The molecule has 0 saturated heterocycles. The van der Waals surface area contributed by atoms with Crippen LogP contribution < -0.4 is 5.32 Å². The van der Waals surface area contributed by atoms with E-state index in [1.165, 1.54) is 24.3 Å². The Kier molecular flexibility index (Phi) is 4.64. The van der Waals surface area contributed by atoms with Gasteiger partial charge >= 0.3 is 12.4 Å². The largest absolute Gasteiger partial charge is 0.430 e. The van der Waals surface area contributed by atoms with Crippen molar-refractivity contribution in [2.24, 2.45) is 0 Å². The minimum Gasteiger partial charge on any atom is -0.369 e. The third-order valence-corrected chi connectivity index (χ3v) is 3.68. The van der Waals surface area contributed by atoms with E-state index in [9.17, 15) is 36.2 Å². The van der Waals surface area contributed by atoms with E-state index in [2.05, 4.69) is 0 Å². The molecule has 26 heavy (non-hydrogen) atoms. The van der Waals surface area contributed by atoms with Crippen molar-refractivity contribution in [3.63, 3.8) is 0 Å². The molecule has 0 aliphatic heterocycles. The Morgan fingerprint density at radius 2 is 1.58 bits per heavy atom. The zero-order valence-electron chi connectivity index (χ0n) is 13.0. The normalized spacial score (nSPS) is 12.7. The number of hydrogen-bond acceptors (Lipinski definition) is 3. The number of amides is 1. The van der Waals surface area contributed by atoms with Crippen LogP contribution in [0.25, 0.3) is 10.8 Å². The molecule has 138 valence electrons. The van der Waals surface area contributed by atoms with Crippen molar-refractivity contribution in [3.05, 3.63) is 41.5 Å². The topological polar surface area (TPSA) is 73.1 Å². The molecule has 4 nitrogen and oxygen atoms in total. The lowest BCUT2D eigenvalue weighted by Gasteiger charge is -2.34. The number of carbonyl (C=O) groups excluding carboxylic acids is 1. The van der Waals surface area contributed by atoms with Gasteiger partial charge < -0.3 is 10.4 Å². The summed E-state index contributed by atoms with van der Waals surface area (Å²) in [5, 5.41) is 20.5. The maximum atomic E-state index is 13.3. The Balaban J connectivity index is 3.06. The van der Waals surface area contributed by atoms with Gasteiger partial charge in [-0.1, -0.05) is 24.3 Å². The SMILES string of the molecule is CC(=O)Nc1c(C(O)(C(F)(F)F)C(F)(F)F)cc(C#N)c2ccccc12. The van der Waals surface area contributed by atoms with Crippen LogP contribution in [0.5, 0.6) is 0 Å². The average molecular weight is 376 g/mol. The standard InChI is InChI=1S/C16H10F6N2O2/c1-8(25)24-13-11-5-3-2-4-10(11)9(7-23)6-12(13)14(26,15(17,18)19)16(20,21)22/h2-6,26H,1H3,(H,24,25). The molecule has 2 N–H and O–H groups in total. The fourth-order valence-corrected chi connectivity index (χ4v) is 2.53. The average Bonchev–Trinajstić information content (AvgIpc) is 2.51. The summed E-state index contributed by atoms with van der Waals surface area (Å²) in [4.78, 5) is 11.4. The first-order chi connectivity index (χ1) is 11.8. The lowest BCUT2D eigenvalue weighted by atomic mass is 9.86. The summed E-state index contributed by atoms with van der Waals surface area (Å²) in [6, 6.07) is 6.95. The molecule has 0 bridgehead atoms. The predicted octanol–water partition coefficient (Wildman–Crippen LogP) is 3.98. The molecule has 0 saturated carbocycles. The van der Waals surface area contributed by atoms with Crippen LogP contribution in [0.4, 0.5) is 32.0 Å². The zero-order valence-corrected chi connectivity index (χ0v) is 13.0. The molecule has 0 atom stereocenters. The fourth-order valence-electron chi connectivity index (χ4n) is 2.53. The molecule has 0 spiro atoms. The van der Waals surface area contributed by atoms with Gasteiger partial charge in [0, 0.05) is 23.3 Å². The number of anilines is 1. The molecule has 2 rings (SSSR count). The maximum Gasteiger partial charge on any atom is 0.430 e. The third-order valence-electron chi connectivity index (χ3n) is 3.68. The van der Waals surface area contributed by atoms with E-state index in [1.807, 2.05) is 5.32 Å². The van der Waals surface area contributed by atoms with Crippen molar-refractivity contribution < 1.29 is 36.2 Å². The van der Waals surface area contributed by atoms with Crippen LogP contribution in [0.15, 0.2) is 30.3 Å². The lowest BCUT2D eigenvalue weighted by Crippen LogP contribution is -2.54. The number of rotatable bonds is 2. The number of alkyl halides is 6. The molecule has 0 aliphatic carbocycles. The van der Waals surface area contributed by atoms with Crippen molar-refractivity contribution in [2.75, 3.05) is 5.32 Å². The number of fused-ring (bicyclic) bond motifs is 1. The molecule has 2 aromatic carbocycles. The van der Waals surface area contributed by atoms with Crippen LogP contribution in [0.1, 0.15) is 18.1 Å². The van der Waals surface area contributed by atoms with Gasteiger partial charge in [0.05, 0.1) is 17.3 Å². The van der Waals surface area contributed by atoms with E-state index in [-0.39, 0.29) is 16.8 Å². The summed E-state index contributed by atoms with van der Waals surface area (Å²) < 4.78 is 79.6. The van der Waals surface area contributed by atoms with Gasteiger partial charge in [0.2, 0.25) is 5.91 Å². The van der Waals surface area contributed by atoms with Gasteiger partial charge in [-0.3, -0.25) is 4.79 Å². The third kappa shape index (κ3) is 2.94. The molecule has 1 amide bonds. The van der Waals surface area contributed by atoms with E-state index < -0.39 is 40.7 Å². The van der Waals surface area contributed by atoms with Crippen molar-refractivity contribution >= 4 is 22.4 Å². The summed E-state index contributed by atoms with van der Waals surface area (Å²) in [6.07, 6.45) is -12.3. The second-order valence-electron chi connectivity index (χ2n) is 5.39. The first-order valence-electron chi connectivity index (χ1n) is 6.94. The summed E-state index contributed by atoms with van der Waals surface area (Å²) >= 11 is 0. The van der Waals surface area contributed by atoms with Gasteiger partial charge in [0.15, 0.2) is 0 Å². The van der Waals surface area contributed by atoms with Crippen molar-refractivity contribution in [2.45, 2.75) is 24.9 Å². The molecule has 0 aliphatic rings. The molecule has 0 unspecified atom stereocenters. The van der Waals surface area contributed by atoms with Crippen LogP contribution in [0.3, 0.4) is 0 Å².